The lowest BCUT2D eigenvalue weighted by molar-refractivity contribution is 0.583. The second kappa shape index (κ2) is 4.77. The third-order valence-electron chi connectivity index (χ3n) is 3.53. The monoisotopic (exact) mass is 239 g/mol. The lowest BCUT2D eigenvalue weighted by Gasteiger charge is -2.26. The second-order valence-electron chi connectivity index (χ2n) is 4.77. The first-order valence-electron chi connectivity index (χ1n) is 6.46. The minimum Gasteiger partial charge on any atom is -0.375 e. The summed E-state index contributed by atoms with van der Waals surface area (Å²) in [5.74, 6) is 0. The molecule has 0 aliphatic heterocycles. The quantitative estimate of drug-likeness (QED) is 0.874. The van der Waals surface area contributed by atoms with Crippen LogP contribution < -0.4 is 5.32 Å². The SMILES string of the molecule is Cc1ncccc1NC1CCCc2cccnc21. The van der Waals surface area contributed by atoms with Gasteiger partial charge in [0.15, 0.2) is 0 Å². The number of anilines is 1. The highest BCUT2D eigenvalue weighted by Gasteiger charge is 2.21. The van der Waals surface area contributed by atoms with Crippen molar-refractivity contribution in [2.24, 2.45) is 0 Å². The van der Waals surface area contributed by atoms with Gasteiger partial charge in [0, 0.05) is 12.4 Å². The Morgan fingerprint density at radius 2 is 2.00 bits per heavy atom. The van der Waals surface area contributed by atoms with Crippen molar-refractivity contribution in [3.63, 3.8) is 0 Å². The summed E-state index contributed by atoms with van der Waals surface area (Å²) >= 11 is 0. The standard InChI is InChI=1S/C15H17N3/c1-11-13(8-4-9-16-11)18-14-7-2-5-12-6-3-10-17-15(12)14/h3-4,6,8-10,14,18H,2,5,7H2,1H3. The molecule has 3 nitrogen and oxygen atoms in total. The van der Waals surface area contributed by atoms with Crippen molar-refractivity contribution >= 4 is 5.69 Å². The molecule has 0 fully saturated rings. The maximum absolute atomic E-state index is 4.54. The fraction of sp³-hybridized carbons (Fsp3) is 0.333. The molecule has 1 atom stereocenters. The third-order valence-corrected chi connectivity index (χ3v) is 3.53. The first-order chi connectivity index (χ1) is 8.84. The van der Waals surface area contributed by atoms with Crippen LogP contribution in [0.3, 0.4) is 0 Å². The summed E-state index contributed by atoms with van der Waals surface area (Å²) in [7, 11) is 0. The molecule has 0 aromatic carbocycles. The van der Waals surface area contributed by atoms with Gasteiger partial charge in [-0.1, -0.05) is 6.07 Å². The van der Waals surface area contributed by atoms with E-state index in [4.69, 9.17) is 0 Å². The molecular weight excluding hydrogens is 222 g/mol. The van der Waals surface area contributed by atoms with Crippen LogP contribution in [0.5, 0.6) is 0 Å². The Balaban J connectivity index is 1.89. The minimum absolute atomic E-state index is 0.317. The zero-order valence-electron chi connectivity index (χ0n) is 10.6. The zero-order valence-corrected chi connectivity index (χ0v) is 10.6. The van der Waals surface area contributed by atoms with E-state index in [0.29, 0.717) is 6.04 Å². The molecule has 1 N–H and O–H groups in total. The van der Waals surface area contributed by atoms with Gasteiger partial charge in [0.05, 0.1) is 23.1 Å². The topological polar surface area (TPSA) is 37.8 Å². The molecular formula is C15H17N3. The Labute approximate surface area is 107 Å². The van der Waals surface area contributed by atoms with Gasteiger partial charge < -0.3 is 5.32 Å². The smallest absolute Gasteiger partial charge is 0.0688 e. The van der Waals surface area contributed by atoms with E-state index in [1.807, 2.05) is 31.5 Å². The molecule has 1 aliphatic carbocycles. The lowest BCUT2D eigenvalue weighted by Crippen LogP contribution is -2.19. The van der Waals surface area contributed by atoms with Gasteiger partial charge >= 0.3 is 0 Å². The molecule has 0 saturated carbocycles. The molecule has 1 unspecified atom stereocenters. The molecule has 2 aromatic rings. The number of aromatic nitrogens is 2. The zero-order chi connectivity index (χ0) is 12.4. The Morgan fingerprint density at radius 1 is 1.17 bits per heavy atom. The highest BCUT2D eigenvalue weighted by molar-refractivity contribution is 5.49. The number of pyridine rings is 2. The number of nitrogens with zero attached hydrogens (tertiary/aromatic N) is 2. The van der Waals surface area contributed by atoms with Crippen molar-refractivity contribution in [2.45, 2.75) is 32.2 Å². The number of fused-ring (bicyclic) bond motifs is 1. The molecule has 0 bridgehead atoms. The Bertz CT molecular complexity index is 551. The van der Waals surface area contributed by atoms with E-state index >= 15 is 0 Å². The summed E-state index contributed by atoms with van der Waals surface area (Å²) < 4.78 is 0. The first-order valence-corrected chi connectivity index (χ1v) is 6.46. The van der Waals surface area contributed by atoms with Crippen LogP contribution in [0.4, 0.5) is 5.69 Å². The van der Waals surface area contributed by atoms with E-state index in [9.17, 15) is 0 Å². The van der Waals surface area contributed by atoms with Crippen molar-refractivity contribution in [3.05, 3.63) is 53.6 Å². The van der Waals surface area contributed by atoms with E-state index in [0.717, 1.165) is 24.2 Å². The molecule has 0 spiro atoms. The van der Waals surface area contributed by atoms with Crippen molar-refractivity contribution in [1.29, 1.82) is 0 Å². The van der Waals surface area contributed by atoms with Gasteiger partial charge in [-0.3, -0.25) is 9.97 Å². The van der Waals surface area contributed by atoms with Crippen LogP contribution in [0.25, 0.3) is 0 Å². The first kappa shape index (κ1) is 11.2. The number of rotatable bonds is 2. The Kier molecular flexibility index (Phi) is 2.97. The van der Waals surface area contributed by atoms with Crippen molar-refractivity contribution in [2.75, 3.05) is 5.32 Å². The van der Waals surface area contributed by atoms with Crippen molar-refractivity contribution < 1.29 is 0 Å². The largest absolute Gasteiger partial charge is 0.375 e. The average Bonchev–Trinajstić information content (AvgIpc) is 2.42. The predicted octanol–water partition coefficient (Wildman–Crippen LogP) is 3.27. The van der Waals surface area contributed by atoms with Crippen LogP contribution in [0, 0.1) is 6.92 Å². The molecule has 2 aromatic heterocycles. The van der Waals surface area contributed by atoms with Gasteiger partial charge in [-0.2, -0.15) is 0 Å². The molecule has 18 heavy (non-hydrogen) atoms. The van der Waals surface area contributed by atoms with Crippen molar-refractivity contribution in [3.8, 4) is 0 Å². The van der Waals surface area contributed by atoms with Gasteiger partial charge in [-0.05, 0) is 49.9 Å². The highest BCUT2D eigenvalue weighted by Crippen LogP contribution is 2.31. The van der Waals surface area contributed by atoms with Gasteiger partial charge in [0.25, 0.3) is 0 Å². The summed E-state index contributed by atoms with van der Waals surface area (Å²) in [5, 5.41) is 3.58. The molecule has 92 valence electrons. The van der Waals surface area contributed by atoms with Crippen LogP contribution in [0.1, 0.15) is 35.8 Å². The summed E-state index contributed by atoms with van der Waals surface area (Å²) in [6.45, 7) is 2.03. The van der Waals surface area contributed by atoms with Gasteiger partial charge in [-0.15, -0.1) is 0 Å². The van der Waals surface area contributed by atoms with Crippen molar-refractivity contribution in [1.82, 2.24) is 9.97 Å². The summed E-state index contributed by atoms with van der Waals surface area (Å²) in [6.07, 6.45) is 7.21. The Morgan fingerprint density at radius 3 is 2.89 bits per heavy atom. The summed E-state index contributed by atoms with van der Waals surface area (Å²) in [5.41, 5.74) is 4.73. The van der Waals surface area contributed by atoms with Crippen LogP contribution in [-0.4, -0.2) is 9.97 Å². The number of hydrogen-bond acceptors (Lipinski definition) is 3. The van der Waals surface area contributed by atoms with E-state index in [2.05, 4.69) is 27.4 Å². The number of aryl methyl sites for hydroxylation is 2. The average molecular weight is 239 g/mol. The number of hydrogen-bond donors (Lipinski definition) is 1. The minimum atomic E-state index is 0.317. The van der Waals surface area contributed by atoms with E-state index < -0.39 is 0 Å². The molecule has 2 heterocycles. The molecule has 1 aliphatic rings. The lowest BCUT2D eigenvalue weighted by atomic mass is 9.92. The summed E-state index contributed by atoms with van der Waals surface area (Å²) in [6, 6.07) is 8.58. The third kappa shape index (κ3) is 2.08. The number of nitrogens with one attached hydrogen (secondary N) is 1. The second-order valence-corrected chi connectivity index (χ2v) is 4.77. The summed E-state index contributed by atoms with van der Waals surface area (Å²) in [4.78, 5) is 8.86. The van der Waals surface area contributed by atoms with Crippen LogP contribution >= 0.6 is 0 Å². The predicted molar refractivity (Wildman–Crippen MR) is 72.5 cm³/mol. The maximum atomic E-state index is 4.54. The van der Waals surface area contributed by atoms with E-state index in [-0.39, 0.29) is 0 Å². The van der Waals surface area contributed by atoms with Crippen LogP contribution in [0.15, 0.2) is 36.7 Å². The normalized spacial score (nSPS) is 18.2. The fourth-order valence-corrected chi connectivity index (χ4v) is 2.57. The molecule has 0 saturated heterocycles. The fourth-order valence-electron chi connectivity index (χ4n) is 2.57. The van der Waals surface area contributed by atoms with Gasteiger partial charge in [0.1, 0.15) is 0 Å². The van der Waals surface area contributed by atoms with E-state index in [1.165, 1.54) is 17.7 Å². The van der Waals surface area contributed by atoms with Gasteiger partial charge in [0.2, 0.25) is 0 Å². The maximum Gasteiger partial charge on any atom is 0.0688 e. The van der Waals surface area contributed by atoms with E-state index in [1.54, 1.807) is 0 Å². The van der Waals surface area contributed by atoms with Crippen LogP contribution in [0.2, 0.25) is 0 Å². The molecule has 3 heteroatoms. The molecule has 0 radical (unpaired) electrons. The molecule has 3 rings (SSSR count). The van der Waals surface area contributed by atoms with Crippen LogP contribution in [-0.2, 0) is 6.42 Å². The molecule has 0 amide bonds. The Hall–Kier alpha value is -1.90. The highest BCUT2D eigenvalue weighted by atomic mass is 15.0. The van der Waals surface area contributed by atoms with Gasteiger partial charge in [-0.25, -0.2) is 0 Å².